The Kier molecular flexibility index (Phi) is 8.10. The summed E-state index contributed by atoms with van der Waals surface area (Å²) in [6.07, 6.45) is 0. The zero-order chi connectivity index (χ0) is 14.8. The molecule has 1 heterocycles. The molecule has 0 aliphatic rings. The van der Waals surface area contributed by atoms with Crippen LogP contribution in [0.1, 0.15) is 24.3 Å². The minimum atomic E-state index is -0.200. The molecule has 6 nitrogen and oxygen atoms in total. The molecular formula is C13H20ClN3O3. The molecule has 0 bridgehead atoms. The summed E-state index contributed by atoms with van der Waals surface area (Å²) in [5, 5.41) is 7.74. The third kappa shape index (κ3) is 5.81. The molecule has 0 aliphatic heterocycles. The van der Waals surface area contributed by atoms with Crippen molar-refractivity contribution >= 4 is 17.5 Å². The van der Waals surface area contributed by atoms with Gasteiger partial charge in [-0.05, 0) is 26.0 Å². The Hall–Kier alpha value is -1.24. The molecule has 0 N–H and O–H groups in total. The summed E-state index contributed by atoms with van der Waals surface area (Å²) < 4.78 is 10.6. The second-order valence-electron chi connectivity index (χ2n) is 3.93. The van der Waals surface area contributed by atoms with E-state index in [2.05, 4.69) is 10.2 Å². The first kappa shape index (κ1) is 16.8. The van der Waals surface area contributed by atoms with Crippen molar-refractivity contribution in [2.24, 2.45) is 0 Å². The number of halogens is 1. The van der Waals surface area contributed by atoms with Gasteiger partial charge in [0.25, 0.3) is 5.91 Å². The SMILES string of the molecule is CCOCCN(CCOCC)C(=O)c1ccc(Cl)nn1. The first-order valence-electron chi connectivity index (χ1n) is 6.63. The van der Waals surface area contributed by atoms with E-state index in [0.29, 0.717) is 39.5 Å². The molecule has 0 radical (unpaired) electrons. The van der Waals surface area contributed by atoms with Crippen LogP contribution in [-0.2, 0) is 9.47 Å². The van der Waals surface area contributed by atoms with Gasteiger partial charge in [-0.15, -0.1) is 10.2 Å². The van der Waals surface area contributed by atoms with Crippen LogP contribution in [0.15, 0.2) is 12.1 Å². The van der Waals surface area contributed by atoms with Crippen LogP contribution in [0.5, 0.6) is 0 Å². The molecule has 7 heteroatoms. The van der Waals surface area contributed by atoms with Crippen LogP contribution in [-0.4, -0.2) is 60.5 Å². The van der Waals surface area contributed by atoms with E-state index in [1.165, 1.54) is 0 Å². The molecule has 0 spiro atoms. The first-order chi connectivity index (χ1) is 9.69. The summed E-state index contributed by atoms with van der Waals surface area (Å²) >= 11 is 5.66. The van der Waals surface area contributed by atoms with Crippen molar-refractivity contribution in [3.8, 4) is 0 Å². The molecule has 0 atom stereocenters. The van der Waals surface area contributed by atoms with Gasteiger partial charge < -0.3 is 14.4 Å². The Labute approximate surface area is 124 Å². The number of amides is 1. The van der Waals surface area contributed by atoms with Crippen molar-refractivity contribution in [3.63, 3.8) is 0 Å². The van der Waals surface area contributed by atoms with E-state index in [-0.39, 0.29) is 16.8 Å². The number of rotatable bonds is 9. The van der Waals surface area contributed by atoms with Crippen molar-refractivity contribution in [1.29, 1.82) is 0 Å². The lowest BCUT2D eigenvalue weighted by Gasteiger charge is -2.21. The molecule has 0 aromatic carbocycles. The molecule has 1 rings (SSSR count). The molecule has 0 saturated carbocycles. The Balaban J connectivity index is 2.63. The molecule has 0 saturated heterocycles. The average molecular weight is 302 g/mol. The van der Waals surface area contributed by atoms with Crippen LogP contribution in [0.2, 0.25) is 5.15 Å². The van der Waals surface area contributed by atoms with Crippen LogP contribution in [0.3, 0.4) is 0 Å². The second-order valence-corrected chi connectivity index (χ2v) is 4.31. The fourth-order valence-corrected chi connectivity index (χ4v) is 1.65. The Morgan fingerprint density at radius 1 is 1.15 bits per heavy atom. The van der Waals surface area contributed by atoms with Crippen LogP contribution in [0.25, 0.3) is 0 Å². The monoisotopic (exact) mass is 301 g/mol. The van der Waals surface area contributed by atoms with Gasteiger partial charge in [-0.2, -0.15) is 0 Å². The van der Waals surface area contributed by atoms with Gasteiger partial charge in [0.15, 0.2) is 10.8 Å². The van der Waals surface area contributed by atoms with Gasteiger partial charge >= 0.3 is 0 Å². The normalized spacial score (nSPS) is 10.6. The summed E-state index contributed by atoms with van der Waals surface area (Å²) in [5.41, 5.74) is 0.266. The second kappa shape index (κ2) is 9.63. The van der Waals surface area contributed by atoms with Crippen LogP contribution in [0, 0.1) is 0 Å². The van der Waals surface area contributed by atoms with Crippen molar-refractivity contribution in [3.05, 3.63) is 23.0 Å². The maximum absolute atomic E-state index is 12.3. The zero-order valence-electron chi connectivity index (χ0n) is 11.8. The van der Waals surface area contributed by atoms with E-state index in [1.807, 2.05) is 13.8 Å². The minimum absolute atomic E-state index is 0.200. The standard InChI is InChI=1S/C13H20ClN3O3/c1-3-19-9-7-17(8-10-20-4-2)13(18)11-5-6-12(14)16-15-11/h5-6H,3-4,7-10H2,1-2H3. The van der Waals surface area contributed by atoms with Gasteiger partial charge in [0, 0.05) is 26.3 Å². The van der Waals surface area contributed by atoms with E-state index in [0.717, 1.165) is 0 Å². The van der Waals surface area contributed by atoms with Gasteiger partial charge in [-0.1, -0.05) is 11.6 Å². The minimum Gasteiger partial charge on any atom is -0.380 e. The highest BCUT2D eigenvalue weighted by Crippen LogP contribution is 2.05. The summed E-state index contributed by atoms with van der Waals surface area (Å²) in [4.78, 5) is 14.0. The number of aromatic nitrogens is 2. The highest BCUT2D eigenvalue weighted by molar-refractivity contribution is 6.29. The average Bonchev–Trinajstić information content (AvgIpc) is 2.46. The zero-order valence-corrected chi connectivity index (χ0v) is 12.6. The smallest absolute Gasteiger partial charge is 0.274 e. The Morgan fingerprint density at radius 3 is 2.20 bits per heavy atom. The van der Waals surface area contributed by atoms with E-state index in [9.17, 15) is 4.79 Å². The molecule has 1 amide bonds. The van der Waals surface area contributed by atoms with Gasteiger partial charge in [0.1, 0.15) is 0 Å². The highest BCUT2D eigenvalue weighted by atomic mass is 35.5. The number of carbonyl (C=O) groups is 1. The molecular weight excluding hydrogens is 282 g/mol. The number of hydrogen-bond donors (Lipinski definition) is 0. The summed E-state index contributed by atoms with van der Waals surface area (Å²) in [6.45, 7) is 7.01. The Morgan fingerprint density at radius 2 is 1.75 bits per heavy atom. The van der Waals surface area contributed by atoms with E-state index < -0.39 is 0 Å². The van der Waals surface area contributed by atoms with Crippen LogP contribution in [0.4, 0.5) is 0 Å². The van der Waals surface area contributed by atoms with Crippen molar-refractivity contribution < 1.29 is 14.3 Å². The maximum Gasteiger partial charge on any atom is 0.274 e. The summed E-state index contributed by atoms with van der Waals surface area (Å²) in [6, 6.07) is 3.11. The lowest BCUT2D eigenvalue weighted by atomic mass is 10.3. The molecule has 1 aromatic rings. The van der Waals surface area contributed by atoms with Crippen LogP contribution >= 0.6 is 11.6 Å². The summed E-state index contributed by atoms with van der Waals surface area (Å²) in [7, 11) is 0. The third-order valence-electron chi connectivity index (χ3n) is 2.56. The molecule has 0 fully saturated rings. The number of ether oxygens (including phenoxy) is 2. The predicted octanol–water partition coefficient (Wildman–Crippen LogP) is 1.65. The van der Waals surface area contributed by atoms with Crippen molar-refractivity contribution in [1.82, 2.24) is 15.1 Å². The third-order valence-corrected chi connectivity index (χ3v) is 2.76. The van der Waals surface area contributed by atoms with Gasteiger partial charge in [0.05, 0.1) is 13.2 Å². The van der Waals surface area contributed by atoms with Crippen LogP contribution < -0.4 is 0 Å². The quantitative estimate of drug-likeness (QED) is 0.649. The fraction of sp³-hybridized carbons (Fsp3) is 0.615. The first-order valence-corrected chi connectivity index (χ1v) is 7.00. The van der Waals surface area contributed by atoms with Crippen molar-refractivity contribution in [2.75, 3.05) is 39.5 Å². The molecule has 20 heavy (non-hydrogen) atoms. The molecule has 1 aromatic heterocycles. The summed E-state index contributed by atoms with van der Waals surface area (Å²) in [5.74, 6) is -0.200. The van der Waals surface area contributed by atoms with E-state index in [1.54, 1.807) is 17.0 Å². The largest absolute Gasteiger partial charge is 0.380 e. The fourth-order valence-electron chi connectivity index (χ4n) is 1.55. The van der Waals surface area contributed by atoms with E-state index in [4.69, 9.17) is 21.1 Å². The molecule has 0 aliphatic carbocycles. The van der Waals surface area contributed by atoms with Crippen molar-refractivity contribution in [2.45, 2.75) is 13.8 Å². The van der Waals surface area contributed by atoms with E-state index >= 15 is 0 Å². The van der Waals surface area contributed by atoms with Gasteiger partial charge in [0.2, 0.25) is 0 Å². The molecule has 112 valence electrons. The number of hydrogen-bond acceptors (Lipinski definition) is 5. The van der Waals surface area contributed by atoms with Gasteiger partial charge in [-0.3, -0.25) is 4.79 Å². The lowest BCUT2D eigenvalue weighted by Crippen LogP contribution is -2.37. The number of nitrogens with zero attached hydrogens (tertiary/aromatic N) is 3. The maximum atomic E-state index is 12.3. The lowest BCUT2D eigenvalue weighted by molar-refractivity contribution is 0.0544. The highest BCUT2D eigenvalue weighted by Gasteiger charge is 2.17. The van der Waals surface area contributed by atoms with Gasteiger partial charge in [-0.25, -0.2) is 0 Å². The number of carbonyl (C=O) groups excluding carboxylic acids is 1. The molecule has 0 unspecified atom stereocenters. The Bertz CT molecular complexity index is 390. The topological polar surface area (TPSA) is 64.6 Å². The predicted molar refractivity (Wildman–Crippen MR) is 75.9 cm³/mol.